The van der Waals surface area contributed by atoms with Gasteiger partial charge in [0.25, 0.3) is 11.8 Å². The molecule has 5 aromatic rings. The van der Waals surface area contributed by atoms with Crippen molar-refractivity contribution in [3.8, 4) is 11.3 Å². The number of nitrogens with one attached hydrogen (secondary N) is 1. The molecule has 0 spiro atoms. The van der Waals surface area contributed by atoms with Crippen LogP contribution >= 0.6 is 27.3 Å². The van der Waals surface area contributed by atoms with Crippen LogP contribution < -0.4 is 11.1 Å². The highest BCUT2D eigenvalue weighted by Gasteiger charge is 2.35. The second-order valence-electron chi connectivity index (χ2n) is 7.41. The van der Waals surface area contributed by atoms with Crippen molar-refractivity contribution in [3.63, 3.8) is 0 Å². The number of pyridine rings is 1. The lowest BCUT2D eigenvalue weighted by Gasteiger charge is -2.10. The molecule has 10 nitrogen and oxygen atoms in total. The van der Waals surface area contributed by atoms with Gasteiger partial charge in [0.05, 0.1) is 22.6 Å². The summed E-state index contributed by atoms with van der Waals surface area (Å²) in [4.78, 5) is 28.6. The van der Waals surface area contributed by atoms with Crippen LogP contribution in [0.2, 0.25) is 0 Å². The molecule has 0 fully saturated rings. The largest absolute Gasteiger partial charge is 0.464 e. The van der Waals surface area contributed by atoms with Crippen LogP contribution in [0.3, 0.4) is 0 Å². The van der Waals surface area contributed by atoms with E-state index in [1.807, 2.05) is 0 Å². The summed E-state index contributed by atoms with van der Waals surface area (Å²) in [6.07, 6.45) is 1.40. The van der Waals surface area contributed by atoms with Gasteiger partial charge in [0, 0.05) is 23.3 Å². The molecular formula is C21H13BrF3N7O3S. The topological polar surface area (TPSA) is 134 Å². The molecule has 5 rings (SSSR count). The fourth-order valence-electron chi connectivity index (χ4n) is 3.47. The van der Waals surface area contributed by atoms with Crippen LogP contribution in [0.5, 0.6) is 0 Å². The van der Waals surface area contributed by atoms with Crippen molar-refractivity contribution < 1.29 is 27.2 Å². The van der Waals surface area contributed by atoms with E-state index < -0.39 is 23.7 Å². The number of alkyl halides is 3. The molecule has 184 valence electrons. The second-order valence-corrected chi connectivity index (χ2v) is 9.33. The molecule has 2 amide bonds. The van der Waals surface area contributed by atoms with Crippen LogP contribution in [0, 0.1) is 0 Å². The molecule has 3 N–H and O–H groups in total. The molecule has 0 saturated heterocycles. The van der Waals surface area contributed by atoms with Crippen molar-refractivity contribution in [3.05, 3.63) is 69.9 Å². The molecule has 15 heteroatoms. The number of hydrogen-bond acceptors (Lipinski definition) is 7. The maximum atomic E-state index is 13.5. The average Bonchev–Trinajstić information content (AvgIpc) is 3.60. The number of nitrogens with zero attached hydrogens (tertiary/aromatic N) is 5. The Hall–Kier alpha value is -3.98. The minimum absolute atomic E-state index is 0.00425. The lowest BCUT2D eigenvalue weighted by molar-refractivity contribution is -0.140. The molecule has 0 radical (unpaired) electrons. The monoisotopic (exact) mass is 579 g/mol. The Morgan fingerprint density at radius 3 is 2.69 bits per heavy atom. The van der Waals surface area contributed by atoms with Gasteiger partial charge >= 0.3 is 6.18 Å². The Balaban J connectivity index is 1.57. The first-order chi connectivity index (χ1) is 17.1. The first kappa shape index (κ1) is 23.7. The number of furan rings is 1. The van der Waals surface area contributed by atoms with Gasteiger partial charge in [0.15, 0.2) is 5.69 Å². The molecular weight excluding hydrogens is 567 g/mol. The zero-order chi connectivity index (χ0) is 25.6. The number of thiophene rings is 1. The SMILES string of the molecule is NC(=O)c1sc2nc(C(F)(F)F)cc(-c3ccco3)c2c1NC(=O)c1ccn(Cn2cc(Br)cn2)n1. The summed E-state index contributed by atoms with van der Waals surface area (Å²) < 4.78 is 49.7. The molecule has 0 aliphatic rings. The smallest absolute Gasteiger partial charge is 0.433 e. The predicted octanol–water partition coefficient (Wildman–Crippen LogP) is 4.59. The van der Waals surface area contributed by atoms with Crippen LogP contribution in [0.1, 0.15) is 25.9 Å². The Morgan fingerprint density at radius 1 is 1.25 bits per heavy atom. The maximum absolute atomic E-state index is 13.5. The molecule has 0 saturated carbocycles. The molecule has 5 aromatic heterocycles. The van der Waals surface area contributed by atoms with Gasteiger partial charge in [-0.2, -0.15) is 23.4 Å². The van der Waals surface area contributed by atoms with Crippen molar-refractivity contribution in [2.75, 3.05) is 5.32 Å². The zero-order valence-electron chi connectivity index (χ0n) is 17.8. The third-order valence-corrected chi connectivity index (χ3v) is 6.47. The van der Waals surface area contributed by atoms with E-state index in [4.69, 9.17) is 10.2 Å². The van der Waals surface area contributed by atoms with E-state index in [1.54, 1.807) is 23.3 Å². The normalized spacial score (nSPS) is 11.8. The van der Waals surface area contributed by atoms with E-state index in [0.29, 0.717) is 11.3 Å². The van der Waals surface area contributed by atoms with Crippen LogP contribution in [0.4, 0.5) is 18.9 Å². The van der Waals surface area contributed by atoms with Gasteiger partial charge in [-0.1, -0.05) is 0 Å². The minimum Gasteiger partial charge on any atom is -0.464 e. The number of aromatic nitrogens is 5. The standard InChI is InChI=1S/C21H13BrF3N7O3S/c22-10-7-27-32(8-10)9-31-4-3-12(30-31)19(34)29-16-15-11(13-2-1-5-35-13)6-14(21(23,24)25)28-20(15)36-17(16)18(26)33/h1-8H,9H2,(H2,26,33)(H,29,34). The third kappa shape index (κ3) is 4.49. The number of fused-ring (bicyclic) bond motifs is 1. The summed E-state index contributed by atoms with van der Waals surface area (Å²) in [5.41, 5.74) is 4.22. The molecule has 0 bridgehead atoms. The van der Waals surface area contributed by atoms with Crippen molar-refractivity contribution in [1.29, 1.82) is 0 Å². The van der Waals surface area contributed by atoms with Gasteiger partial charge in [-0.05, 0) is 40.2 Å². The Morgan fingerprint density at radius 2 is 2.06 bits per heavy atom. The number of halogens is 4. The highest BCUT2D eigenvalue weighted by molar-refractivity contribution is 9.10. The highest BCUT2D eigenvalue weighted by Crippen LogP contribution is 2.43. The number of primary amides is 1. The Labute approximate surface area is 211 Å². The number of rotatable bonds is 6. The highest BCUT2D eigenvalue weighted by atomic mass is 79.9. The number of anilines is 1. The summed E-state index contributed by atoms with van der Waals surface area (Å²) in [6.45, 7) is 0.222. The number of hydrogen-bond donors (Lipinski definition) is 2. The van der Waals surface area contributed by atoms with Crippen LogP contribution in [0.15, 0.2) is 58.0 Å². The van der Waals surface area contributed by atoms with Crippen molar-refractivity contribution >= 4 is 55.0 Å². The maximum Gasteiger partial charge on any atom is 0.433 e. The number of nitrogens with two attached hydrogens (primary N) is 1. The van der Waals surface area contributed by atoms with Gasteiger partial charge in [0.2, 0.25) is 0 Å². The van der Waals surface area contributed by atoms with Gasteiger partial charge < -0.3 is 15.5 Å². The van der Waals surface area contributed by atoms with E-state index in [-0.39, 0.29) is 44.5 Å². The summed E-state index contributed by atoms with van der Waals surface area (Å²) in [5, 5.41) is 11.0. The van der Waals surface area contributed by atoms with Gasteiger partial charge in [-0.15, -0.1) is 11.3 Å². The van der Waals surface area contributed by atoms with Gasteiger partial charge in [-0.3, -0.25) is 14.3 Å². The van der Waals surface area contributed by atoms with Crippen LogP contribution in [-0.4, -0.2) is 36.4 Å². The molecule has 0 unspecified atom stereocenters. The molecule has 5 heterocycles. The number of amides is 2. The van der Waals surface area contributed by atoms with Crippen molar-refractivity contribution in [2.45, 2.75) is 12.8 Å². The zero-order valence-corrected chi connectivity index (χ0v) is 20.2. The predicted molar refractivity (Wildman–Crippen MR) is 126 cm³/mol. The van der Waals surface area contributed by atoms with E-state index >= 15 is 0 Å². The first-order valence-corrected chi connectivity index (χ1v) is 11.6. The lowest BCUT2D eigenvalue weighted by atomic mass is 10.1. The summed E-state index contributed by atoms with van der Waals surface area (Å²) >= 11 is 3.93. The first-order valence-electron chi connectivity index (χ1n) is 10.0. The average molecular weight is 580 g/mol. The molecule has 0 atom stereocenters. The summed E-state index contributed by atoms with van der Waals surface area (Å²) in [6, 6.07) is 5.20. The van der Waals surface area contributed by atoms with E-state index in [2.05, 4.69) is 36.4 Å². The van der Waals surface area contributed by atoms with E-state index in [9.17, 15) is 22.8 Å². The fraction of sp³-hybridized carbons (Fsp3) is 0.0952. The number of carbonyl (C=O) groups excluding carboxylic acids is 2. The molecule has 0 aromatic carbocycles. The summed E-state index contributed by atoms with van der Waals surface area (Å²) in [7, 11) is 0. The Kier molecular flexibility index (Phi) is 5.88. The van der Waals surface area contributed by atoms with Crippen molar-refractivity contribution in [2.24, 2.45) is 5.73 Å². The summed E-state index contributed by atoms with van der Waals surface area (Å²) in [5.74, 6) is -1.56. The quantitative estimate of drug-likeness (QED) is 0.302. The number of carbonyl (C=O) groups is 2. The van der Waals surface area contributed by atoms with E-state index in [1.165, 1.54) is 29.1 Å². The molecule has 36 heavy (non-hydrogen) atoms. The molecule has 0 aliphatic heterocycles. The van der Waals surface area contributed by atoms with Crippen LogP contribution in [-0.2, 0) is 12.8 Å². The molecule has 0 aliphatic carbocycles. The Bertz CT molecular complexity index is 1600. The van der Waals surface area contributed by atoms with Crippen LogP contribution in [0.25, 0.3) is 21.5 Å². The van der Waals surface area contributed by atoms with Crippen molar-refractivity contribution in [1.82, 2.24) is 24.5 Å². The van der Waals surface area contributed by atoms with Gasteiger partial charge in [-0.25, -0.2) is 9.67 Å². The fourth-order valence-corrected chi connectivity index (χ4v) is 4.80. The minimum atomic E-state index is -4.76. The third-order valence-electron chi connectivity index (χ3n) is 4.97. The second kappa shape index (κ2) is 8.91. The van der Waals surface area contributed by atoms with Gasteiger partial charge in [0.1, 0.15) is 27.8 Å². The van der Waals surface area contributed by atoms with E-state index in [0.717, 1.165) is 10.5 Å². The lowest BCUT2D eigenvalue weighted by Crippen LogP contribution is -2.18.